The number of para-hydroxylation sites is 3. The van der Waals surface area contributed by atoms with E-state index in [1.54, 1.807) is 26.0 Å². The van der Waals surface area contributed by atoms with Crippen LogP contribution in [-0.4, -0.2) is 45.1 Å². The van der Waals surface area contributed by atoms with E-state index in [9.17, 15) is 9.59 Å². The van der Waals surface area contributed by atoms with Gasteiger partial charge in [-0.25, -0.2) is 29.5 Å². The highest BCUT2D eigenvalue weighted by molar-refractivity contribution is 6.33. The van der Waals surface area contributed by atoms with E-state index in [-0.39, 0.29) is 0 Å². The Morgan fingerprint density at radius 3 is 1.73 bits per heavy atom. The third-order valence-corrected chi connectivity index (χ3v) is 6.39. The molecule has 1 N–H and O–H groups in total. The molecule has 224 valence electrons. The van der Waals surface area contributed by atoms with Crippen LogP contribution in [0.5, 0.6) is 0 Å². The minimum Gasteiger partial charge on any atom is -0.462 e. The quantitative estimate of drug-likeness (QED) is 0.161. The largest absolute Gasteiger partial charge is 0.462 e. The van der Waals surface area contributed by atoms with Crippen LogP contribution in [0.15, 0.2) is 104 Å². The van der Waals surface area contributed by atoms with Crippen LogP contribution in [0.4, 0.5) is 29.0 Å². The number of hydrogen-bond acceptors (Lipinski definition) is 10. The number of benzene rings is 3. The Hall–Kier alpha value is -5.06. The maximum Gasteiger partial charge on any atom is 0.341 e. The van der Waals surface area contributed by atoms with Gasteiger partial charge in [-0.3, -0.25) is 4.90 Å². The van der Waals surface area contributed by atoms with Gasteiger partial charge in [0.1, 0.15) is 0 Å². The summed E-state index contributed by atoms with van der Waals surface area (Å²) in [5.41, 5.74) is 2.93. The van der Waals surface area contributed by atoms with Crippen molar-refractivity contribution in [2.45, 2.75) is 13.8 Å². The lowest BCUT2D eigenvalue weighted by Crippen LogP contribution is -2.15. The van der Waals surface area contributed by atoms with Crippen molar-refractivity contribution in [2.75, 3.05) is 23.4 Å². The molecule has 0 aliphatic rings. The van der Waals surface area contributed by atoms with Gasteiger partial charge in [0.25, 0.3) is 0 Å². The molecule has 0 spiro atoms. The fraction of sp³-hybridized carbons (Fsp3) is 0.125. The highest BCUT2D eigenvalue weighted by Gasteiger charge is 2.18. The summed E-state index contributed by atoms with van der Waals surface area (Å²) >= 11 is 12.4. The summed E-state index contributed by atoms with van der Waals surface area (Å²) in [5.74, 6) is -0.113. The molecule has 0 saturated heterocycles. The van der Waals surface area contributed by atoms with Crippen LogP contribution in [0.3, 0.4) is 0 Å². The Morgan fingerprint density at radius 1 is 0.682 bits per heavy atom. The Morgan fingerprint density at radius 2 is 1.18 bits per heavy atom. The molecule has 0 unspecified atom stereocenters. The van der Waals surface area contributed by atoms with Crippen molar-refractivity contribution in [3.63, 3.8) is 0 Å². The highest BCUT2D eigenvalue weighted by atomic mass is 35.5. The molecule has 0 atom stereocenters. The maximum absolute atomic E-state index is 11.8. The number of esters is 2. The van der Waals surface area contributed by atoms with Crippen molar-refractivity contribution < 1.29 is 19.1 Å². The van der Waals surface area contributed by atoms with Crippen molar-refractivity contribution in [3.8, 4) is 0 Å². The zero-order valence-corrected chi connectivity index (χ0v) is 25.4. The van der Waals surface area contributed by atoms with Gasteiger partial charge in [-0.2, -0.15) is 0 Å². The number of halogens is 2. The minimum atomic E-state index is -0.446. The lowest BCUT2D eigenvalue weighted by Gasteiger charge is -2.23. The van der Waals surface area contributed by atoms with Gasteiger partial charge < -0.3 is 14.8 Å². The van der Waals surface area contributed by atoms with E-state index < -0.39 is 11.9 Å². The molecule has 0 aliphatic heterocycles. The van der Waals surface area contributed by atoms with Crippen LogP contribution in [0, 0.1) is 0 Å². The van der Waals surface area contributed by atoms with Crippen LogP contribution in [0.1, 0.15) is 34.6 Å². The number of nitrogens with one attached hydrogen (secondary N) is 1. The second kappa shape index (κ2) is 16.0. The van der Waals surface area contributed by atoms with Gasteiger partial charge in [0.05, 0.1) is 45.8 Å². The van der Waals surface area contributed by atoms with Crippen molar-refractivity contribution in [1.29, 1.82) is 0 Å². The van der Waals surface area contributed by atoms with E-state index in [1.807, 2.05) is 71.6 Å². The average Bonchev–Trinajstić information content (AvgIpc) is 3.05. The molecule has 0 radical (unpaired) electrons. The zero-order valence-electron chi connectivity index (χ0n) is 23.9. The Bertz CT molecular complexity index is 1670. The lowest BCUT2D eigenvalue weighted by molar-refractivity contribution is 0.0515. The number of hydrogen-bond donors (Lipinski definition) is 1. The lowest BCUT2D eigenvalue weighted by atomic mass is 10.2. The summed E-state index contributed by atoms with van der Waals surface area (Å²) in [6, 6.07) is 24.3. The first kappa shape index (κ1) is 31.9. The molecule has 0 saturated carbocycles. The summed E-state index contributed by atoms with van der Waals surface area (Å²) < 4.78 is 9.81. The molecule has 3 aromatic carbocycles. The number of rotatable bonds is 9. The van der Waals surface area contributed by atoms with Gasteiger partial charge in [-0.05, 0) is 50.2 Å². The van der Waals surface area contributed by atoms with E-state index in [0.717, 1.165) is 11.4 Å². The summed E-state index contributed by atoms with van der Waals surface area (Å²) in [5, 5.41) is 4.11. The number of nitrogens with zero attached hydrogens (tertiary/aromatic N) is 5. The summed E-state index contributed by atoms with van der Waals surface area (Å²) in [6.07, 6.45) is 5.72. The first-order valence-electron chi connectivity index (χ1n) is 13.5. The summed E-state index contributed by atoms with van der Waals surface area (Å²) in [4.78, 5) is 41.8. The van der Waals surface area contributed by atoms with Crippen molar-refractivity contribution in [3.05, 3.63) is 125 Å². The topological polar surface area (TPSA) is 119 Å². The molecule has 0 aliphatic carbocycles. The Labute approximate surface area is 264 Å². The molecule has 0 fully saturated rings. The van der Waals surface area contributed by atoms with Gasteiger partial charge in [0, 0.05) is 30.5 Å². The fourth-order valence-corrected chi connectivity index (χ4v) is 4.13. The van der Waals surface area contributed by atoms with Gasteiger partial charge in [-0.1, -0.05) is 65.7 Å². The van der Waals surface area contributed by atoms with Gasteiger partial charge in [-0.15, -0.1) is 0 Å². The first-order chi connectivity index (χ1) is 21.4. The number of carbonyl (C=O) groups is 2. The van der Waals surface area contributed by atoms with Crippen LogP contribution in [-0.2, 0) is 9.47 Å². The molecule has 0 bridgehead atoms. The van der Waals surface area contributed by atoms with E-state index in [4.69, 9.17) is 32.7 Å². The van der Waals surface area contributed by atoms with Crippen LogP contribution in [0.25, 0.3) is 0 Å². The molecule has 2 aromatic heterocycles. The third kappa shape index (κ3) is 8.50. The second-order valence-electron chi connectivity index (χ2n) is 8.74. The van der Waals surface area contributed by atoms with E-state index in [2.05, 4.69) is 25.3 Å². The van der Waals surface area contributed by atoms with Gasteiger partial charge in [0.2, 0.25) is 11.9 Å². The SMILES string of the molecule is CCOC(=O)c1cnc(N(c2ccccc2)c2ccccc2Cl)nc1.CCOC(=O)c1cnc(Nc2ccccc2Cl)nc1. The monoisotopic (exact) mass is 630 g/mol. The number of aromatic nitrogens is 4. The van der Waals surface area contributed by atoms with Crippen LogP contribution < -0.4 is 10.2 Å². The Balaban J connectivity index is 0.000000209. The van der Waals surface area contributed by atoms with E-state index >= 15 is 0 Å². The molecule has 10 nitrogen and oxygen atoms in total. The predicted octanol–water partition coefficient (Wildman–Crippen LogP) is 7.83. The number of ether oxygens (including phenoxy) is 2. The second-order valence-corrected chi connectivity index (χ2v) is 9.55. The summed E-state index contributed by atoms with van der Waals surface area (Å²) in [7, 11) is 0. The average molecular weight is 632 g/mol. The first-order valence-corrected chi connectivity index (χ1v) is 14.3. The zero-order chi connectivity index (χ0) is 31.3. The normalized spacial score (nSPS) is 10.2. The smallest absolute Gasteiger partial charge is 0.341 e. The van der Waals surface area contributed by atoms with Gasteiger partial charge in [0.15, 0.2) is 0 Å². The number of carbonyl (C=O) groups excluding carboxylic acids is 2. The molecule has 44 heavy (non-hydrogen) atoms. The molecule has 5 rings (SSSR count). The maximum atomic E-state index is 11.8. The fourth-order valence-electron chi connectivity index (χ4n) is 3.72. The Kier molecular flexibility index (Phi) is 11.6. The predicted molar refractivity (Wildman–Crippen MR) is 170 cm³/mol. The van der Waals surface area contributed by atoms with Crippen molar-refractivity contribution >= 4 is 64.1 Å². The minimum absolute atomic E-state index is 0.302. The van der Waals surface area contributed by atoms with E-state index in [0.29, 0.717) is 52.0 Å². The van der Waals surface area contributed by atoms with E-state index in [1.165, 1.54) is 24.8 Å². The summed E-state index contributed by atoms with van der Waals surface area (Å²) in [6.45, 7) is 4.11. The molecule has 12 heteroatoms. The molecular weight excluding hydrogens is 603 g/mol. The van der Waals surface area contributed by atoms with Crippen molar-refractivity contribution in [2.24, 2.45) is 0 Å². The molecule has 0 amide bonds. The standard InChI is InChI=1S/C19H16ClN3O2.C13H12ClN3O2/c1-2-25-18(24)14-12-21-19(22-13-14)23(15-8-4-3-5-9-15)17-11-7-6-10-16(17)20;1-2-19-12(18)9-7-15-13(16-8-9)17-11-6-4-3-5-10(11)14/h3-13H,2H2,1H3;3-8H,2H2,1H3,(H,15,16,17). The molecule has 5 aromatic rings. The van der Waals surface area contributed by atoms with Crippen molar-refractivity contribution in [1.82, 2.24) is 19.9 Å². The molecule has 2 heterocycles. The van der Waals surface area contributed by atoms with Gasteiger partial charge >= 0.3 is 11.9 Å². The third-order valence-electron chi connectivity index (χ3n) is 5.74. The van der Waals surface area contributed by atoms with Crippen LogP contribution in [0.2, 0.25) is 10.0 Å². The number of anilines is 5. The highest BCUT2D eigenvalue weighted by Crippen LogP contribution is 2.36. The van der Waals surface area contributed by atoms with Crippen LogP contribution >= 0.6 is 23.2 Å². The molecular formula is C32H28Cl2N6O4.